The molecule has 0 aromatic heterocycles. The molecule has 0 heterocycles. The summed E-state index contributed by atoms with van der Waals surface area (Å²) >= 11 is 0. The van der Waals surface area contributed by atoms with E-state index in [1.165, 1.54) is 0 Å². The normalized spacial score (nSPS) is 15.1. The van der Waals surface area contributed by atoms with Crippen LogP contribution in [0.1, 0.15) is 46.1 Å². The van der Waals surface area contributed by atoms with Crippen molar-refractivity contribution in [2.24, 2.45) is 11.7 Å². The van der Waals surface area contributed by atoms with Crippen molar-refractivity contribution >= 4 is 10.0 Å². The van der Waals surface area contributed by atoms with Crippen molar-refractivity contribution in [3.05, 3.63) is 29.8 Å². The number of nitrogens with two attached hydrogens (primary N) is 1. The predicted molar refractivity (Wildman–Crippen MR) is 87.7 cm³/mol. The van der Waals surface area contributed by atoms with Gasteiger partial charge >= 0.3 is 0 Å². The third kappa shape index (κ3) is 5.41. The fourth-order valence-electron chi connectivity index (χ4n) is 2.57. The van der Waals surface area contributed by atoms with Gasteiger partial charge in [-0.05, 0) is 43.4 Å². The number of aryl methyl sites for hydroxylation is 1. The van der Waals surface area contributed by atoms with Crippen LogP contribution in [0.3, 0.4) is 0 Å². The van der Waals surface area contributed by atoms with Crippen molar-refractivity contribution in [2.45, 2.75) is 57.4 Å². The van der Waals surface area contributed by atoms with Crippen molar-refractivity contribution in [2.75, 3.05) is 6.54 Å². The molecule has 0 saturated carbocycles. The molecule has 0 amide bonds. The summed E-state index contributed by atoms with van der Waals surface area (Å²) in [4.78, 5) is 0.297. The van der Waals surface area contributed by atoms with E-state index in [9.17, 15) is 8.42 Å². The zero-order valence-electron chi connectivity index (χ0n) is 13.5. The van der Waals surface area contributed by atoms with Crippen LogP contribution < -0.4 is 10.5 Å². The van der Waals surface area contributed by atoms with Gasteiger partial charge in [0, 0.05) is 12.1 Å². The van der Waals surface area contributed by atoms with Crippen LogP contribution in [-0.4, -0.2) is 20.5 Å². The first-order chi connectivity index (χ1) is 9.72. The second-order valence-corrected chi connectivity index (χ2v) is 8.04. The minimum atomic E-state index is -3.54. The first-order valence-corrected chi connectivity index (χ1v) is 9.04. The summed E-state index contributed by atoms with van der Waals surface area (Å²) in [6.07, 6.45) is 2.71. The van der Waals surface area contributed by atoms with E-state index in [0.717, 1.165) is 18.4 Å². The van der Waals surface area contributed by atoms with Crippen LogP contribution in [0.2, 0.25) is 0 Å². The Morgan fingerprint density at radius 3 is 2.24 bits per heavy atom. The molecule has 0 spiro atoms. The molecule has 4 nitrogen and oxygen atoms in total. The third-order valence-electron chi connectivity index (χ3n) is 3.46. The Hall–Kier alpha value is -0.910. The number of hydrogen-bond acceptors (Lipinski definition) is 3. The third-order valence-corrected chi connectivity index (χ3v) is 5.12. The maximum atomic E-state index is 12.5. The number of sulfonamides is 1. The van der Waals surface area contributed by atoms with Gasteiger partial charge in [-0.3, -0.25) is 0 Å². The van der Waals surface area contributed by atoms with Gasteiger partial charge in [-0.1, -0.05) is 39.3 Å². The number of hydrogen-bond donors (Lipinski definition) is 2. The Balaban J connectivity index is 2.94. The van der Waals surface area contributed by atoms with E-state index in [2.05, 4.69) is 25.5 Å². The molecule has 1 atom stereocenters. The lowest BCUT2D eigenvalue weighted by molar-refractivity contribution is 0.344. The van der Waals surface area contributed by atoms with Gasteiger partial charge in [-0.15, -0.1) is 0 Å². The zero-order chi connectivity index (χ0) is 16.1. The van der Waals surface area contributed by atoms with Crippen LogP contribution in [0.5, 0.6) is 0 Å². The molecule has 1 aromatic rings. The molecular formula is C16H28N2O2S. The van der Waals surface area contributed by atoms with E-state index in [1.54, 1.807) is 12.1 Å². The summed E-state index contributed by atoms with van der Waals surface area (Å²) in [6, 6.07) is 7.08. The molecule has 3 N–H and O–H groups in total. The molecule has 1 unspecified atom stereocenters. The SMILES string of the molecule is CCCc1ccc(S(=O)(=O)NC(C)(CN)CC(C)C)cc1. The summed E-state index contributed by atoms with van der Waals surface area (Å²) < 4.78 is 27.7. The Bertz CT molecular complexity index is 538. The van der Waals surface area contributed by atoms with Crippen molar-refractivity contribution < 1.29 is 8.42 Å². The molecule has 0 bridgehead atoms. The molecule has 0 aliphatic carbocycles. The summed E-state index contributed by atoms with van der Waals surface area (Å²) in [5, 5.41) is 0. The zero-order valence-corrected chi connectivity index (χ0v) is 14.3. The molecule has 0 fully saturated rings. The van der Waals surface area contributed by atoms with Gasteiger partial charge in [0.15, 0.2) is 0 Å². The highest BCUT2D eigenvalue weighted by Crippen LogP contribution is 2.20. The maximum Gasteiger partial charge on any atom is 0.241 e. The molecule has 120 valence electrons. The van der Waals surface area contributed by atoms with Crippen molar-refractivity contribution in [3.8, 4) is 0 Å². The standard InChI is InChI=1S/C16H28N2O2S/c1-5-6-14-7-9-15(10-8-14)21(19,20)18-16(4,12-17)11-13(2)3/h7-10,13,18H,5-6,11-12,17H2,1-4H3. The minimum absolute atomic E-state index is 0.276. The number of nitrogens with one attached hydrogen (secondary N) is 1. The summed E-state index contributed by atoms with van der Waals surface area (Å²) in [5.74, 6) is 0.369. The van der Waals surface area contributed by atoms with Crippen LogP contribution >= 0.6 is 0 Å². The van der Waals surface area contributed by atoms with E-state index < -0.39 is 15.6 Å². The van der Waals surface area contributed by atoms with Crippen molar-refractivity contribution in [1.82, 2.24) is 4.72 Å². The number of benzene rings is 1. The van der Waals surface area contributed by atoms with Gasteiger partial charge in [-0.25, -0.2) is 13.1 Å². The van der Waals surface area contributed by atoms with Gasteiger partial charge in [0.1, 0.15) is 0 Å². The lowest BCUT2D eigenvalue weighted by Gasteiger charge is -2.30. The maximum absolute atomic E-state index is 12.5. The molecule has 21 heavy (non-hydrogen) atoms. The van der Waals surface area contributed by atoms with E-state index in [1.807, 2.05) is 19.1 Å². The van der Waals surface area contributed by atoms with E-state index in [0.29, 0.717) is 17.2 Å². The van der Waals surface area contributed by atoms with Crippen LogP contribution in [-0.2, 0) is 16.4 Å². The monoisotopic (exact) mass is 312 g/mol. The van der Waals surface area contributed by atoms with Gasteiger partial charge < -0.3 is 5.73 Å². The largest absolute Gasteiger partial charge is 0.329 e. The van der Waals surface area contributed by atoms with Crippen molar-refractivity contribution in [3.63, 3.8) is 0 Å². The fraction of sp³-hybridized carbons (Fsp3) is 0.625. The van der Waals surface area contributed by atoms with Gasteiger partial charge in [-0.2, -0.15) is 0 Å². The molecule has 0 aliphatic rings. The van der Waals surface area contributed by atoms with Gasteiger partial charge in [0.25, 0.3) is 0 Å². The number of rotatable bonds is 8. The highest BCUT2D eigenvalue weighted by Gasteiger charge is 2.30. The Kier molecular flexibility index (Phi) is 6.38. The molecule has 5 heteroatoms. The Labute approximate surface area is 129 Å². The van der Waals surface area contributed by atoms with Crippen LogP contribution in [0, 0.1) is 5.92 Å². The van der Waals surface area contributed by atoms with Crippen molar-refractivity contribution in [1.29, 1.82) is 0 Å². The smallest absolute Gasteiger partial charge is 0.241 e. The van der Waals surface area contributed by atoms with Gasteiger partial charge in [0.2, 0.25) is 10.0 Å². The average Bonchev–Trinajstić information content (AvgIpc) is 2.38. The summed E-state index contributed by atoms with van der Waals surface area (Å²) in [5.41, 5.74) is 6.31. The van der Waals surface area contributed by atoms with Crippen LogP contribution in [0.25, 0.3) is 0 Å². The molecule has 0 radical (unpaired) electrons. The van der Waals surface area contributed by atoms with Crippen LogP contribution in [0.4, 0.5) is 0 Å². The second-order valence-electron chi connectivity index (χ2n) is 6.36. The second kappa shape index (κ2) is 7.38. The highest BCUT2D eigenvalue weighted by atomic mass is 32.2. The lowest BCUT2D eigenvalue weighted by Crippen LogP contribution is -2.51. The first-order valence-electron chi connectivity index (χ1n) is 7.55. The van der Waals surface area contributed by atoms with E-state index in [4.69, 9.17) is 5.73 Å². The predicted octanol–water partition coefficient (Wildman–Crippen LogP) is 2.68. The highest BCUT2D eigenvalue weighted by molar-refractivity contribution is 7.89. The van der Waals surface area contributed by atoms with Gasteiger partial charge in [0.05, 0.1) is 4.90 Å². The Morgan fingerprint density at radius 1 is 1.24 bits per heavy atom. The van der Waals surface area contributed by atoms with Crippen LogP contribution in [0.15, 0.2) is 29.2 Å². The fourth-order valence-corrected chi connectivity index (χ4v) is 4.00. The average molecular weight is 312 g/mol. The Morgan fingerprint density at radius 2 is 1.81 bits per heavy atom. The molecule has 1 aromatic carbocycles. The quantitative estimate of drug-likeness (QED) is 0.775. The summed E-state index contributed by atoms with van der Waals surface area (Å²) in [6.45, 7) is 8.35. The molecule has 0 aliphatic heterocycles. The van der Waals surface area contributed by atoms with E-state index in [-0.39, 0.29) is 6.54 Å². The lowest BCUT2D eigenvalue weighted by atomic mass is 9.92. The van der Waals surface area contributed by atoms with E-state index >= 15 is 0 Å². The molecule has 0 saturated heterocycles. The topological polar surface area (TPSA) is 72.2 Å². The molecule has 1 rings (SSSR count). The first kappa shape index (κ1) is 18.1. The minimum Gasteiger partial charge on any atom is -0.329 e. The summed E-state index contributed by atoms with van der Waals surface area (Å²) in [7, 11) is -3.54. The molecular weight excluding hydrogens is 284 g/mol.